The van der Waals surface area contributed by atoms with Gasteiger partial charge in [-0.15, -0.1) is 0 Å². The molecule has 1 aromatic carbocycles. The summed E-state index contributed by atoms with van der Waals surface area (Å²) >= 11 is 0. The Balaban J connectivity index is 2.69. The van der Waals surface area contributed by atoms with Crippen molar-refractivity contribution < 1.29 is 0 Å². The van der Waals surface area contributed by atoms with Crippen LogP contribution in [-0.2, 0) is 7.05 Å². The summed E-state index contributed by atoms with van der Waals surface area (Å²) in [6, 6.07) is 9.13. The van der Waals surface area contributed by atoms with Crippen LogP contribution in [0.25, 0.3) is 10.9 Å². The van der Waals surface area contributed by atoms with Gasteiger partial charge in [0.15, 0.2) is 0 Å². The summed E-state index contributed by atoms with van der Waals surface area (Å²) in [5, 5.41) is 4.64. The van der Waals surface area contributed by atoms with Gasteiger partial charge in [0, 0.05) is 29.7 Å². The number of fused-ring (bicyclic) bond motifs is 1. The maximum Gasteiger partial charge on any atom is 0.0483 e. The van der Waals surface area contributed by atoms with Crippen molar-refractivity contribution in [3.05, 3.63) is 35.5 Å². The van der Waals surface area contributed by atoms with Crippen LogP contribution in [0.3, 0.4) is 0 Å². The van der Waals surface area contributed by atoms with Crippen molar-refractivity contribution >= 4 is 10.9 Å². The minimum Gasteiger partial charge on any atom is -0.346 e. The Hall–Kier alpha value is -1.28. The quantitative estimate of drug-likeness (QED) is 0.792. The molecule has 1 atom stereocenters. The fourth-order valence-corrected chi connectivity index (χ4v) is 2.09. The number of nitrogens with zero attached hydrogens (tertiary/aromatic N) is 1. The summed E-state index contributed by atoms with van der Waals surface area (Å²) in [6.45, 7) is 4.35. The van der Waals surface area contributed by atoms with Crippen LogP contribution >= 0.6 is 0 Å². The Kier molecular flexibility index (Phi) is 2.53. The molecule has 1 N–H and O–H groups in total. The van der Waals surface area contributed by atoms with Gasteiger partial charge in [-0.1, -0.05) is 12.1 Å². The molecule has 0 amide bonds. The first kappa shape index (κ1) is 10.2. The molecule has 0 aliphatic rings. The first-order valence-electron chi connectivity index (χ1n) is 5.37. The van der Waals surface area contributed by atoms with Crippen LogP contribution < -0.4 is 5.32 Å². The molecule has 2 aromatic rings. The van der Waals surface area contributed by atoms with Crippen molar-refractivity contribution in [1.82, 2.24) is 9.88 Å². The molecule has 1 unspecified atom stereocenters. The molecule has 2 nitrogen and oxygen atoms in total. The van der Waals surface area contributed by atoms with Gasteiger partial charge in [0.05, 0.1) is 0 Å². The zero-order chi connectivity index (χ0) is 11.0. The highest BCUT2D eigenvalue weighted by molar-refractivity contribution is 5.84. The molecule has 0 radical (unpaired) electrons. The first-order valence-corrected chi connectivity index (χ1v) is 5.37. The summed E-state index contributed by atoms with van der Waals surface area (Å²) < 4.78 is 2.27. The highest BCUT2D eigenvalue weighted by atomic mass is 15.0. The van der Waals surface area contributed by atoms with E-state index in [9.17, 15) is 0 Å². The van der Waals surface area contributed by atoms with Crippen LogP contribution in [0.2, 0.25) is 0 Å². The Morgan fingerprint density at radius 3 is 2.67 bits per heavy atom. The van der Waals surface area contributed by atoms with E-state index in [0.717, 1.165) is 0 Å². The molecular weight excluding hydrogens is 184 g/mol. The second kappa shape index (κ2) is 3.70. The molecular formula is C13H18N2. The number of aromatic nitrogens is 1. The van der Waals surface area contributed by atoms with Gasteiger partial charge in [0.2, 0.25) is 0 Å². The SMILES string of the molecule is CNC(C)c1cc2c(C)cccc2n1C. The fourth-order valence-electron chi connectivity index (χ4n) is 2.09. The Morgan fingerprint density at radius 2 is 2.07 bits per heavy atom. The number of rotatable bonds is 2. The lowest BCUT2D eigenvalue weighted by atomic mass is 10.1. The Labute approximate surface area is 90.9 Å². The van der Waals surface area contributed by atoms with Crippen molar-refractivity contribution in [3.63, 3.8) is 0 Å². The average Bonchev–Trinajstić information content (AvgIpc) is 2.57. The van der Waals surface area contributed by atoms with E-state index in [0.29, 0.717) is 6.04 Å². The molecule has 1 aromatic heterocycles. The summed E-state index contributed by atoms with van der Waals surface area (Å²) in [4.78, 5) is 0. The third kappa shape index (κ3) is 1.55. The van der Waals surface area contributed by atoms with Gasteiger partial charge in [-0.2, -0.15) is 0 Å². The number of hydrogen-bond acceptors (Lipinski definition) is 1. The lowest BCUT2D eigenvalue weighted by Gasteiger charge is -2.11. The van der Waals surface area contributed by atoms with E-state index in [2.05, 4.69) is 55.0 Å². The number of aryl methyl sites for hydroxylation is 2. The lowest BCUT2D eigenvalue weighted by Crippen LogP contribution is -2.15. The molecule has 15 heavy (non-hydrogen) atoms. The molecule has 0 bridgehead atoms. The predicted octanol–water partition coefficient (Wildman–Crippen LogP) is 2.77. The monoisotopic (exact) mass is 202 g/mol. The third-order valence-electron chi connectivity index (χ3n) is 3.22. The highest BCUT2D eigenvalue weighted by Gasteiger charge is 2.11. The predicted molar refractivity (Wildman–Crippen MR) is 65.1 cm³/mol. The van der Waals surface area contributed by atoms with Crippen LogP contribution in [0.5, 0.6) is 0 Å². The number of benzene rings is 1. The van der Waals surface area contributed by atoms with Crippen molar-refractivity contribution in [2.45, 2.75) is 19.9 Å². The van der Waals surface area contributed by atoms with Crippen molar-refractivity contribution in [3.8, 4) is 0 Å². The minimum atomic E-state index is 0.391. The maximum absolute atomic E-state index is 3.28. The summed E-state index contributed by atoms with van der Waals surface area (Å²) in [6.07, 6.45) is 0. The summed E-state index contributed by atoms with van der Waals surface area (Å²) in [5.41, 5.74) is 3.99. The highest BCUT2D eigenvalue weighted by Crippen LogP contribution is 2.25. The smallest absolute Gasteiger partial charge is 0.0483 e. The molecule has 80 valence electrons. The molecule has 0 saturated heterocycles. The molecule has 0 saturated carbocycles. The van der Waals surface area contributed by atoms with Crippen LogP contribution in [0.15, 0.2) is 24.3 Å². The van der Waals surface area contributed by atoms with E-state index in [1.54, 1.807) is 0 Å². The molecule has 0 spiro atoms. The third-order valence-corrected chi connectivity index (χ3v) is 3.22. The van der Waals surface area contributed by atoms with E-state index >= 15 is 0 Å². The van der Waals surface area contributed by atoms with E-state index < -0.39 is 0 Å². The van der Waals surface area contributed by atoms with Gasteiger partial charge in [-0.05, 0) is 38.6 Å². The fraction of sp³-hybridized carbons (Fsp3) is 0.385. The van der Waals surface area contributed by atoms with Gasteiger partial charge in [0.1, 0.15) is 0 Å². The van der Waals surface area contributed by atoms with Gasteiger partial charge in [0.25, 0.3) is 0 Å². The van der Waals surface area contributed by atoms with Crippen molar-refractivity contribution in [2.75, 3.05) is 7.05 Å². The Bertz CT molecular complexity index is 482. The van der Waals surface area contributed by atoms with E-state index in [4.69, 9.17) is 0 Å². The largest absolute Gasteiger partial charge is 0.346 e. The first-order chi connectivity index (χ1) is 7.15. The molecule has 1 heterocycles. The molecule has 2 heteroatoms. The van der Waals surface area contributed by atoms with Crippen LogP contribution in [0, 0.1) is 6.92 Å². The Morgan fingerprint density at radius 1 is 1.33 bits per heavy atom. The molecule has 2 rings (SSSR count). The van der Waals surface area contributed by atoms with E-state index in [1.807, 2.05) is 7.05 Å². The maximum atomic E-state index is 3.28. The normalized spacial score (nSPS) is 13.3. The van der Waals surface area contributed by atoms with E-state index in [-0.39, 0.29) is 0 Å². The van der Waals surface area contributed by atoms with Crippen LogP contribution in [0.1, 0.15) is 24.2 Å². The second-order valence-corrected chi connectivity index (χ2v) is 4.15. The zero-order valence-corrected chi connectivity index (χ0v) is 9.83. The standard InChI is InChI=1S/C13H18N2/c1-9-6-5-7-12-11(9)8-13(15(12)4)10(2)14-3/h5-8,10,14H,1-4H3. The summed E-state index contributed by atoms with van der Waals surface area (Å²) in [7, 11) is 4.13. The zero-order valence-electron chi connectivity index (χ0n) is 9.83. The van der Waals surface area contributed by atoms with Crippen LogP contribution in [-0.4, -0.2) is 11.6 Å². The molecule has 0 fully saturated rings. The van der Waals surface area contributed by atoms with Crippen molar-refractivity contribution in [1.29, 1.82) is 0 Å². The second-order valence-electron chi connectivity index (χ2n) is 4.15. The average molecular weight is 202 g/mol. The molecule has 0 aliphatic heterocycles. The number of hydrogen-bond donors (Lipinski definition) is 1. The van der Waals surface area contributed by atoms with Gasteiger partial charge < -0.3 is 9.88 Å². The lowest BCUT2D eigenvalue weighted by molar-refractivity contribution is 0.610. The van der Waals surface area contributed by atoms with Crippen molar-refractivity contribution in [2.24, 2.45) is 7.05 Å². The van der Waals surface area contributed by atoms with Gasteiger partial charge >= 0.3 is 0 Å². The van der Waals surface area contributed by atoms with E-state index in [1.165, 1.54) is 22.2 Å². The topological polar surface area (TPSA) is 17.0 Å². The van der Waals surface area contributed by atoms with Gasteiger partial charge in [-0.3, -0.25) is 0 Å². The number of nitrogens with one attached hydrogen (secondary N) is 1. The van der Waals surface area contributed by atoms with Crippen LogP contribution in [0.4, 0.5) is 0 Å². The van der Waals surface area contributed by atoms with Gasteiger partial charge in [-0.25, -0.2) is 0 Å². The molecule has 0 aliphatic carbocycles. The minimum absolute atomic E-state index is 0.391. The summed E-state index contributed by atoms with van der Waals surface area (Å²) in [5.74, 6) is 0.